The third kappa shape index (κ3) is 2.47. The molecule has 0 aromatic heterocycles. The molecule has 1 fully saturated rings. The molecule has 0 amide bonds. The lowest BCUT2D eigenvalue weighted by atomic mass is 9.78. The van der Waals surface area contributed by atoms with E-state index in [0.29, 0.717) is 11.8 Å². The molecule has 2 aliphatic carbocycles. The largest absolute Gasteiger partial charge is 0.393 e. The van der Waals surface area contributed by atoms with Crippen molar-refractivity contribution >= 4 is 0 Å². The summed E-state index contributed by atoms with van der Waals surface area (Å²) in [6.07, 6.45) is 9.84. The Morgan fingerprint density at radius 1 is 1.06 bits per heavy atom. The number of aliphatic hydroxyl groups is 1. The Hall–Kier alpha value is -0.820. The topological polar surface area (TPSA) is 20.2 Å². The monoisotopic (exact) mass is 244 g/mol. The Bertz CT molecular complexity index is 392. The molecule has 0 saturated heterocycles. The van der Waals surface area contributed by atoms with Crippen LogP contribution in [0.1, 0.15) is 62.0 Å². The van der Waals surface area contributed by atoms with Crippen LogP contribution in [0.25, 0.3) is 0 Å². The number of hydrogen-bond acceptors (Lipinski definition) is 1. The average Bonchev–Trinajstić information content (AvgIpc) is 2.93. The van der Waals surface area contributed by atoms with E-state index in [-0.39, 0.29) is 6.10 Å². The summed E-state index contributed by atoms with van der Waals surface area (Å²) in [5.41, 5.74) is 3.04. The summed E-state index contributed by atoms with van der Waals surface area (Å²) in [6, 6.07) is 8.84. The van der Waals surface area contributed by atoms with Crippen LogP contribution in [0.5, 0.6) is 0 Å². The van der Waals surface area contributed by atoms with E-state index in [1.165, 1.54) is 56.1 Å². The van der Waals surface area contributed by atoms with Crippen molar-refractivity contribution in [2.45, 2.75) is 63.4 Å². The van der Waals surface area contributed by atoms with Gasteiger partial charge in [-0.05, 0) is 61.5 Å². The van der Waals surface area contributed by atoms with E-state index < -0.39 is 0 Å². The van der Waals surface area contributed by atoms with Gasteiger partial charge in [-0.1, -0.05) is 37.1 Å². The molecule has 0 spiro atoms. The molecule has 0 radical (unpaired) electrons. The summed E-state index contributed by atoms with van der Waals surface area (Å²) in [5, 5.41) is 10.4. The Balaban J connectivity index is 1.70. The van der Waals surface area contributed by atoms with Gasteiger partial charge in [0.1, 0.15) is 0 Å². The maximum absolute atomic E-state index is 10.4. The average molecular weight is 244 g/mol. The zero-order chi connectivity index (χ0) is 12.4. The van der Waals surface area contributed by atoms with Crippen LogP contribution in [0, 0.1) is 5.92 Å². The summed E-state index contributed by atoms with van der Waals surface area (Å²) >= 11 is 0. The Labute approximate surface area is 110 Å². The first kappa shape index (κ1) is 12.2. The van der Waals surface area contributed by atoms with Gasteiger partial charge >= 0.3 is 0 Å². The second-order valence-corrected chi connectivity index (χ2v) is 6.14. The van der Waals surface area contributed by atoms with Crippen molar-refractivity contribution in [1.82, 2.24) is 0 Å². The van der Waals surface area contributed by atoms with Crippen LogP contribution in [0.2, 0.25) is 0 Å². The summed E-state index contributed by atoms with van der Waals surface area (Å²) in [7, 11) is 0. The SMILES string of the molecule is OC(CC1CCCc2ccccc21)C1CCCC1. The van der Waals surface area contributed by atoms with Crippen LogP contribution in [0.4, 0.5) is 0 Å². The van der Waals surface area contributed by atoms with Crippen molar-refractivity contribution in [2.24, 2.45) is 5.92 Å². The predicted molar refractivity (Wildman–Crippen MR) is 74.7 cm³/mol. The maximum atomic E-state index is 10.4. The first-order valence-electron chi connectivity index (χ1n) is 7.60. The summed E-state index contributed by atoms with van der Waals surface area (Å²) in [6.45, 7) is 0. The molecular weight excluding hydrogens is 220 g/mol. The maximum Gasteiger partial charge on any atom is 0.0574 e. The molecule has 0 aliphatic heterocycles. The van der Waals surface area contributed by atoms with Gasteiger partial charge in [-0.3, -0.25) is 0 Å². The van der Waals surface area contributed by atoms with Gasteiger partial charge in [0, 0.05) is 0 Å². The van der Waals surface area contributed by atoms with Gasteiger partial charge in [0.25, 0.3) is 0 Å². The molecule has 2 unspecified atom stereocenters. The Kier molecular flexibility index (Phi) is 3.69. The first-order chi connectivity index (χ1) is 8.84. The smallest absolute Gasteiger partial charge is 0.0574 e. The van der Waals surface area contributed by atoms with Crippen molar-refractivity contribution in [2.75, 3.05) is 0 Å². The van der Waals surface area contributed by atoms with E-state index in [0.717, 1.165) is 6.42 Å². The molecule has 98 valence electrons. The molecule has 0 bridgehead atoms. The molecule has 1 aromatic carbocycles. The lowest BCUT2D eigenvalue weighted by molar-refractivity contribution is 0.0921. The van der Waals surface area contributed by atoms with Gasteiger partial charge in [0.15, 0.2) is 0 Å². The summed E-state index contributed by atoms with van der Waals surface area (Å²) in [5.74, 6) is 1.18. The molecular formula is C17H24O. The Morgan fingerprint density at radius 3 is 2.67 bits per heavy atom. The highest BCUT2D eigenvalue weighted by molar-refractivity contribution is 5.32. The van der Waals surface area contributed by atoms with E-state index in [1.54, 1.807) is 0 Å². The summed E-state index contributed by atoms with van der Waals surface area (Å²) in [4.78, 5) is 0. The van der Waals surface area contributed by atoms with Crippen LogP contribution in [0.3, 0.4) is 0 Å². The molecule has 1 heteroatoms. The van der Waals surface area contributed by atoms with Gasteiger partial charge in [0.2, 0.25) is 0 Å². The number of hydrogen-bond donors (Lipinski definition) is 1. The molecule has 18 heavy (non-hydrogen) atoms. The molecule has 1 N–H and O–H groups in total. The van der Waals surface area contributed by atoms with E-state index >= 15 is 0 Å². The summed E-state index contributed by atoms with van der Waals surface area (Å²) < 4.78 is 0. The van der Waals surface area contributed by atoms with E-state index in [2.05, 4.69) is 24.3 Å². The first-order valence-corrected chi connectivity index (χ1v) is 7.60. The minimum Gasteiger partial charge on any atom is -0.393 e. The third-order valence-corrected chi connectivity index (χ3v) is 4.96. The number of fused-ring (bicyclic) bond motifs is 1. The quantitative estimate of drug-likeness (QED) is 0.850. The molecule has 2 aliphatic rings. The van der Waals surface area contributed by atoms with Crippen LogP contribution in [-0.4, -0.2) is 11.2 Å². The fourth-order valence-corrected chi connectivity index (χ4v) is 3.93. The predicted octanol–water partition coefficient (Wildman–Crippen LogP) is 4.05. The second kappa shape index (κ2) is 5.44. The van der Waals surface area contributed by atoms with Gasteiger partial charge < -0.3 is 5.11 Å². The second-order valence-electron chi connectivity index (χ2n) is 6.14. The van der Waals surface area contributed by atoms with Crippen molar-refractivity contribution < 1.29 is 5.11 Å². The highest BCUT2D eigenvalue weighted by atomic mass is 16.3. The highest BCUT2D eigenvalue weighted by Crippen LogP contribution is 2.38. The van der Waals surface area contributed by atoms with E-state index in [9.17, 15) is 5.11 Å². The van der Waals surface area contributed by atoms with Crippen LogP contribution >= 0.6 is 0 Å². The molecule has 1 saturated carbocycles. The van der Waals surface area contributed by atoms with Gasteiger partial charge in [-0.2, -0.15) is 0 Å². The lowest BCUT2D eigenvalue weighted by Crippen LogP contribution is -2.22. The molecule has 3 rings (SSSR count). The lowest BCUT2D eigenvalue weighted by Gasteiger charge is -2.29. The highest BCUT2D eigenvalue weighted by Gasteiger charge is 2.28. The number of benzene rings is 1. The van der Waals surface area contributed by atoms with E-state index in [4.69, 9.17) is 0 Å². The van der Waals surface area contributed by atoms with Crippen LogP contribution in [0.15, 0.2) is 24.3 Å². The van der Waals surface area contributed by atoms with E-state index in [1.807, 2.05) is 0 Å². The van der Waals surface area contributed by atoms with Gasteiger partial charge in [-0.25, -0.2) is 0 Å². The normalized spacial score (nSPS) is 25.9. The van der Waals surface area contributed by atoms with Gasteiger partial charge in [-0.15, -0.1) is 0 Å². The fourth-order valence-electron chi connectivity index (χ4n) is 3.93. The zero-order valence-corrected chi connectivity index (χ0v) is 11.1. The molecule has 0 heterocycles. The number of aryl methyl sites for hydroxylation is 1. The van der Waals surface area contributed by atoms with Crippen LogP contribution in [-0.2, 0) is 6.42 Å². The zero-order valence-electron chi connectivity index (χ0n) is 11.1. The standard InChI is InChI=1S/C17H24O/c18-17(14-7-1-2-8-14)12-15-10-5-9-13-6-3-4-11-16(13)15/h3-4,6,11,14-15,17-18H,1-2,5,7-10,12H2. The minimum absolute atomic E-state index is 0.0661. The fraction of sp³-hybridized carbons (Fsp3) is 0.647. The molecule has 1 nitrogen and oxygen atoms in total. The molecule has 1 aromatic rings. The molecule has 2 atom stereocenters. The number of rotatable bonds is 3. The van der Waals surface area contributed by atoms with Crippen molar-refractivity contribution in [1.29, 1.82) is 0 Å². The van der Waals surface area contributed by atoms with Gasteiger partial charge in [0.05, 0.1) is 6.10 Å². The third-order valence-electron chi connectivity index (χ3n) is 4.96. The minimum atomic E-state index is -0.0661. The Morgan fingerprint density at radius 2 is 1.83 bits per heavy atom. The number of aliphatic hydroxyl groups excluding tert-OH is 1. The van der Waals surface area contributed by atoms with Crippen molar-refractivity contribution in [3.8, 4) is 0 Å². The van der Waals surface area contributed by atoms with Crippen molar-refractivity contribution in [3.05, 3.63) is 35.4 Å². The van der Waals surface area contributed by atoms with Crippen molar-refractivity contribution in [3.63, 3.8) is 0 Å². The van der Waals surface area contributed by atoms with Crippen LogP contribution < -0.4 is 0 Å².